The minimum Gasteiger partial charge on any atom is -0.385 e. The summed E-state index contributed by atoms with van der Waals surface area (Å²) in [7, 11) is 1.66. The number of hydrogen-bond donors (Lipinski definition) is 2. The quantitative estimate of drug-likeness (QED) is 0.311. The maximum atomic E-state index is 15.2. The second kappa shape index (κ2) is 8.95. The van der Waals surface area contributed by atoms with Crippen molar-refractivity contribution in [2.75, 3.05) is 19.5 Å². The second-order valence-corrected chi connectivity index (χ2v) is 9.25. The highest BCUT2D eigenvalue weighted by molar-refractivity contribution is 6.02. The van der Waals surface area contributed by atoms with Crippen LogP contribution in [0, 0.1) is 23.6 Å². The molecule has 0 saturated heterocycles. The first-order chi connectivity index (χ1) is 16.8. The van der Waals surface area contributed by atoms with E-state index in [0.29, 0.717) is 41.9 Å². The highest BCUT2D eigenvalue weighted by Crippen LogP contribution is 2.39. The van der Waals surface area contributed by atoms with Gasteiger partial charge in [-0.05, 0) is 51.2 Å². The normalized spacial score (nSPS) is 15.3. The molecule has 0 bridgehead atoms. The van der Waals surface area contributed by atoms with E-state index < -0.39 is 11.4 Å². The minimum atomic E-state index is -1.13. The van der Waals surface area contributed by atoms with E-state index in [4.69, 9.17) is 10.5 Å². The number of benzene rings is 1. The van der Waals surface area contributed by atoms with Crippen LogP contribution in [0.1, 0.15) is 38.7 Å². The van der Waals surface area contributed by atoms with Gasteiger partial charge < -0.3 is 20.1 Å². The number of halogens is 1. The molecule has 3 heterocycles. The number of aliphatic hydroxyl groups is 1. The van der Waals surface area contributed by atoms with Crippen molar-refractivity contribution in [3.8, 4) is 23.1 Å². The lowest BCUT2D eigenvalue weighted by Crippen LogP contribution is -2.24. The Kier molecular flexibility index (Phi) is 5.95. The third kappa shape index (κ3) is 4.47. The number of ether oxygens (including phenoxy) is 1. The fourth-order valence-electron chi connectivity index (χ4n) is 4.43. The van der Waals surface area contributed by atoms with E-state index in [1.807, 2.05) is 23.9 Å². The molecule has 5 rings (SSSR count). The van der Waals surface area contributed by atoms with Crippen LogP contribution in [0.5, 0.6) is 0 Å². The van der Waals surface area contributed by atoms with Crippen LogP contribution in [-0.4, -0.2) is 48.7 Å². The first kappa shape index (κ1) is 23.3. The molecule has 1 aromatic carbocycles. The summed E-state index contributed by atoms with van der Waals surface area (Å²) in [5, 5.41) is 16.0. The lowest BCUT2D eigenvalue weighted by molar-refractivity contribution is 0.0980. The Hall–Kier alpha value is -3.48. The number of fused-ring (bicyclic) bond motifs is 2. The molecule has 8 nitrogen and oxygen atoms in total. The number of aromatic nitrogens is 5. The fraction of sp³-hybridized carbons (Fsp3) is 0.423. The largest absolute Gasteiger partial charge is 0.385 e. The number of rotatable bonds is 7. The first-order valence-corrected chi connectivity index (χ1v) is 11.9. The van der Waals surface area contributed by atoms with E-state index in [1.165, 1.54) is 6.07 Å². The molecule has 3 N–H and O–H groups in total. The second-order valence-electron chi connectivity index (χ2n) is 9.25. The van der Waals surface area contributed by atoms with Gasteiger partial charge in [-0.15, -0.1) is 0 Å². The van der Waals surface area contributed by atoms with Gasteiger partial charge >= 0.3 is 0 Å². The molecule has 0 spiro atoms. The minimum absolute atomic E-state index is 0.144. The maximum absolute atomic E-state index is 15.2. The summed E-state index contributed by atoms with van der Waals surface area (Å²) in [5.41, 5.74) is 8.51. The van der Waals surface area contributed by atoms with Crippen molar-refractivity contribution in [2.24, 2.45) is 5.92 Å². The van der Waals surface area contributed by atoms with Crippen LogP contribution < -0.4 is 5.73 Å². The van der Waals surface area contributed by atoms with Crippen molar-refractivity contribution in [1.82, 2.24) is 24.3 Å². The van der Waals surface area contributed by atoms with Crippen molar-refractivity contribution in [2.45, 2.75) is 51.8 Å². The molecule has 1 atom stereocenters. The van der Waals surface area contributed by atoms with Crippen molar-refractivity contribution in [3.05, 3.63) is 35.9 Å². The summed E-state index contributed by atoms with van der Waals surface area (Å²) in [5.74, 6) is 5.62. The third-order valence-corrected chi connectivity index (χ3v) is 6.55. The van der Waals surface area contributed by atoms with Gasteiger partial charge in [0.1, 0.15) is 28.1 Å². The highest BCUT2D eigenvalue weighted by atomic mass is 19.1. The zero-order valence-electron chi connectivity index (χ0n) is 20.2. The molecular formula is C26H29FN6O2. The predicted octanol–water partition coefficient (Wildman–Crippen LogP) is 3.74. The molecule has 1 aliphatic carbocycles. The average Bonchev–Trinajstić information content (AvgIpc) is 3.53. The molecule has 9 heteroatoms. The summed E-state index contributed by atoms with van der Waals surface area (Å²) in [6.07, 6.45) is 6.42. The molecule has 1 fully saturated rings. The molecule has 0 amide bonds. The van der Waals surface area contributed by atoms with Gasteiger partial charge in [-0.2, -0.15) is 5.10 Å². The molecule has 0 radical (unpaired) electrons. The van der Waals surface area contributed by atoms with Crippen LogP contribution in [0.4, 0.5) is 10.3 Å². The summed E-state index contributed by atoms with van der Waals surface area (Å²) < 4.78 is 24.2. The van der Waals surface area contributed by atoms with Crippen molar-refractivity contribution >= 4 is 27.9 Å². The summed E-state index contributed by atoms with van der Waals surface area (Å²) in [6.45, 7) is 5.59. The summed E-state index contributed by atoms with van der Waals surface area (Å²) in [4.78, 5) is 8.87. The van der Waals surface area contributed by atoms with Crippen molar-refractivity contribution in [3.63, 3.8) is 0 Å². The predicted molar refractivity (Wildman–Crippen MR) is 133 cm³/mol. The monoisotopic (exact) mass is 476 g/mol. The number of methoxy groups -OCH3 is 1. The Morgan fingerprint density at radius 1 is 1.29 bits per heavy atom. The molecule has 4 aromatic rings. The number of nitrogens with zero attached hydrogens (tertiary/aromatic N) is 5. The average molecular weight is 477 g/mol. The number of hydrogen-bond acceptors (Lipinski definition) is 6. The lowest BCUT2D eigenvalue weighted by Gasteiger charge is -2.14. The first-order valence-electron chi connectivity index (χ1n) is 11.9. The van der Waals surface area contributed by atoms with Gasteiger partial charge in [0.2, 0.25) is 5.95 Å². The van der Waals surface area contributed by atoms with E-state index in [0.717, 1.165) is 30.2 Å². The van der Waals surface area contributed by atoms with Crippen molar-refractivity contribution < 1.29 is 14.2 Å². The standard InChI is InChI=1S/C26H29FN6O2/c1-4-33-15-21-24(31-33)23(30-25(28)29-21)19-14-32(10-5-11-35-3)22-13-20(27)16(12-18(19)22)8-9-26(2,34)17-6-7-17/h12-15,17,34H,4-7,10-11H2,1-3H3,(H2,28,29). The van der Waals surface area contributed by atoms with Crippen LogP contribution in [0.15, 0.2) is 24.5 Å². The number of nitrogen functional groups attached to an aromatic ring is 1. The highest BCUT2D eigenvalue weighted by Gasteiger charge is 2.38. The van der Waals surface area contributed by atoms with Gasteiger partial charge in [0.05, 0.1) is 17.3 Å². The zero-order chi connectivity index (χ0) is 24.7. The smallest absolute Gasteiger partial charge is 0.221 e. The lowest BCUT2D eigenvalue weighted by atomic mass is 10.00. The molecule has 1 aliphatic rings. The van der Waals surface area contributed by atoms with Crippen LogP contribution >= 0.6 is 0 Å². The Morgan fingerprint density at radius 3 is 2.80 bits per heavy atom. The van der Waals surface area contributed by atoms with Gasteiger partial charge in [-0.25, -0.2) is 14.4 Å². The molecule has 3 aromatic heterocycles. The number of aryl methyl sites for hydroxylation is 2. The molecule has 0 aliphatic heterocycles. The van der Waals surface area contributed by atoms with Gasteiger partial charge in [0.15, 0.2) is 0 Å². The van der Waals surface area contributed by atoms with Gasteiger partial charge in [-0.3, -0.25) is 4.68 Å². The van der Waals surface area contributed by atoms with Crippen LogP contribution in [0.3, 0.4) is 0 Å². The fourth-order valence-corrected chi connectivity index (χ4v) is 4.43. The van der Waals surface area contributed by atoms with Crippen molar-refractivity contribution in [1.29, 1.82) is 0 Å². The van der Waals surface area contributed by atoms with Crippen LogP contribution in [-0.2, 0) is 17.8 Å². The van der Waals surface area contributed by atoms with E-state index in [-0.39, 0.29) is 17.4 Å². The summed E-state index contributed by atoms with van der Waals surface area (Å²) in [6, 6.07) is 3.22. The Labute approximate surface area is 202 Å². The molecule has 35 heavy (non-hydrogen) atoms. The van der Waals surface area contributed by atoms with Gasteiger partial charge in [-0.1, -0.05) is 11.8 Å². The number of nitrogens with two attached hydrogens (primary N) is 1. The zero-order valence-corrected chi connectivity index (χ0v) is 20.2. The summed E-state index contributed by atoms with van der Waals surface area (Å²) >= 11 is 0. The Balaban J connectivity index is 1.70. The van der Waals surface area contributed by atoms with Gasteiger partial charge in [0.25, 0.3) is 0 Å². The molecular weight excluding hydrogens is 447 g/mol. The molecule has 1 unspecified atom stereocenters. The van der Waals surface area contributed by atoms with E-state index in [2.05, 4.69) is 26.9 Å². The Morgan fingerprint density at radius 2 is 2.09 bits per heavy atom. The van der Waals surface area contributed by atoms with Gasteiger partial charge in [0, 0.05) is 44.0 Å². The Bertz CT molecular complexity index is 1470. The maximum Gasteiger partial charge on any atom is 0.221 e. The molecule has 182 valence electrons. The van der Waals surface area contributed by atoms with E-state index in [1.54, 1.807) is 24.8 Å². The van der Waals surface area contributed by atoms with Crippen LogP contribution in [0.25, 0.3) is 33.2 Å². The number of anilines is 1. The SMILES string of the molecule is CCn1cc2nc(N)nc(-c3cn(CCCOC)c4cc(F)c(C#CC(C)(O)C5CC5)cc34)c2n1. The topological polar surface area (TPSA) is 104 Å². The van der Waals surface area contributed by atoms with Crippen LogP contribution in [0.2, 0.25) is 0 Å². The molecule has 1 saturated carbocycles. The third-order valence-electron chi connectivity index (χ3n) is 6.55. The van der Waals surface area contributed by atoms with E-state index >= 15 is 4.39 Å². The van der Waals surface area contributed by atoms with E-state index in [9.17, 15) is 5.11 Å².